The second-order valence-electron chi connectivity index (χ2n) is 7.35. The van der Waals surface area contributed by atoms with E-state index in [2.05, 4.69) is 32.4 Å². The molecule has 3 atom stereocenters. The van der Waals surface area contributed by atoms with Gasteiger partial charge in [-0.25, -0.2) is 0 Å². The molecule has 0 unspecified atom stereocenters. The minimum Gasteiger partial charge on any atom is -0.358 e. The topological polar surface area (TPSA) is 280 Å². The summed E-state index contributed by atoms with van der Waals surface area (Å²) in [4.78, 5) is 50.6. The fourth-order valence-electron chi connectivity index (χ4n) is 2.73. The Labute approximate surface area is 192 Å². The van der Waals surface area contributed by atoms with E-state index >= 15 is 0 Å². The van der Waals surface area contributed by atoms with Gasteiger partial charge in [-0.15, -0.1) is 0 Å². The van der Waals surface area contributed by atoms with E-state index in [1.807, 2.05) is 0 Å². The van der Waals surface area contributed by atoms with Crippen LogP contribution in [0.25, 0.3) is 0 Å². The molecule has 0 heterocycles. The Hall–Kier alpha value is -2.82. The molecule has 33 heavy (non-hydrogen) atoms. The molecule has 190 valence electrons. The highest BCUT2D eigenvalue weighted by atomic mass is 32.2. The molecule has 0 spiro atoms. The lowest BCUT2D eigenvalue weighted by molar-refractivity contribution is -0.463. The van der Waals surface area contributed by atoms with E-state index < -0.39 is 51.7 Å². The Bertz CT molecular complexity index is 786. The van der Waals surface area contributed by atoms with Gasteiger partial charge in [-0.2, -0.15) is 8.42 Å². The van der Waals surface area contributed by atoms with Crippen LogP contribution in [0, 0.1) is 0 Å². The van der Waals surface area contributed by atoms with Crippen LogP contribution in [0.2, 0.25) is 0 Å². The molecular weight excluding hydrogens is 460 g/mol. The quantitative estimate of drug-likeness (QED) is 0.0303. The average molecular weight is 498 g/mol. The van der Waals surface area contributed by atoms with Crippen LogP contribution in [0.1, 0.15) is 32.1 Å². The standard InChI is InChI=1S/C17H34N8O7S/c18-6-2-1-5-12(15(28)22-8-9-26)24-16(29)13(10-33(30,31)32)25-14(27)11(19)4-3-7-23-17(20)21/h9,11-13H,1-8,10,18-19H2,(H,22,28)(H,24,29)(H,25,27)(H4,20,21,23)(H,30,31,32)/p+3/t11-,12-,13-/m0/s1. The lowest BCUT2D eigenvalue weighted by atomic mass is 10.1. The molecule has 0 fully saturated rings. The van der Waals surface area contributed by atoms with Gasteiger partial charge in [-0.3, -0.25) is 35.4 Å². The summed E-state index contributed by atoms with van der Waals surface area (Å²) in [5.41, 5.74) is 17.9. The summed E-state index contributed by atoms with van der Waals surface area (Å²) < 4.78 is 32.0. The van der Waals surface area contributed by atoms with Crippen molar-refractivity contribution >= 4 is 40.1 Å². The Morgan fingerprint density at radius 2 is 1.64 bits per heavy atom. The monoisotopic (exact) mass is 497 g/mol. The number of hydrogen-bond donors (Lipinski definition) is 9. The number of carbonyl (C=O) groups is 4. The molecule has 16 heteroatoms. The lowest BCUT2D eigenvalue weighted by Gasteiger charge is -2.23. The summed E-state index contributed by atoms with van der Waals surface area (Å²) in [6, 6.07) is -3.59. The molecule has 0 saturated carbocycles. The highest BCUT2D eigenvalue weighted by molar-refractivity contribution is 7.85. The molecule has 0 rings (SSSR count). The normalized spacial score (nSPS) is 13.8. The highest BCUT2D eigenvalue weighted by Crippen LogP contribution is 2.03. The van der Waals surface area contributed by atoms with Gasteiger partial charge < -0.3 is 32.2 Å². The smallest absolute Gasteiger partial charge is 0.338 e. The van der Waals surface area contributed by atoms with Gasteiger partial charge in [0.15, 0.2) is 6.04 Å². The zero-order valence-corrected chi connectivity index (χ0v) is 19.4. The number of nitrogens with one attached hydrogen (secondary N) is 4. The average Bonchev–Trinajstić information content (AvgIpc) is 2.72. The van der Waals surface area contributed by atoms with Crippen molar-refractivity contribution in [3.8, 4) is 0 Å². The van der Waals surface area contributed by atoms with E-state index in [0.29, 0.717) is 38.6 Å². The summed E-state index contributed by atoms with van der Waals surface area (Å²) in [5, 5.41) is 6.95. The first kappa shape index (κ1) is 30.2. The van der Waals surface area contributed by atoms with Crippen LogP contribution in [0.4, 0.5) is 0 Å². The van der Waals surface area contributed by atoms with Crippen molar-refractivity contribution in [3.05, 3.63) is 0 Å². The van der Waals surface area contributed by atoms with E-state index in [-0.39, 0.29) is 25.3 Å². The molecule has 0 aromatic heterocycles. The maximum absolute atomic E-state index is 12.7. The molecule has 0 aliphatic rings. The van der Waals surface area contributed by atoms with Gasteiger partial charge in [0, 0.05) is 6.42 Å². The molecule has 3 amide bonds. The van der Waals surface area contributed by atoms with Gasteiger partial charge in [0.1, 0.15) is 24.1 Å². The third kappa shape index (κ3) is 14.8. The highest BCUT2D eigenvalue weighted by Gasteiger charge is 2.31. The van der Waals surface area contributed by atoms with Crippen molar-refractivity contribution in [3.63, 3.8) is 0 Å². The molecule has 0 aliphatic carbocycles. The predicted octanol–water partition coefficient (Wildman–Crippen LogP) is -7.68. The minimum atomic E-state index is -4.65. The number of quaternary nitrogens is 2. The maximum Gasteiger partial charge on any atom is 0.338 e. The van der Waals surface area contributed by atoms with Gasteiger partial charge >= 0.3 is 5.96 Å². The number of unbranched alkanes of at least 4 members (excludes halogenated alkanes) is 1. The van der Waals surface area contributed by atoms with Crippen LogP contribution in [0.15, 0.2) is 0 Å². The van der Waals surface area contributed by atoms with E-state index in [1.165, 1.54) is 0 Å². The van der Waals surface area contributed by atoms with Crippen LogP contribution in [0.5, 0.6) is 0 Å². The van der Waals surface area contributed by atoms with Gasteiger partial charge in [0.2, 0.25) is 11.8 Å². The summed E-state index contributed by atoms with van der Waals surface area (Å²) in [5.74, 6) is -3.43. The van der Waals surface area contributed by atoms with Gasteiger partial charge in [0.05, 0.1) is 19.6 Å². The summed E-state index contributed by atoms with van der Waals surface area (Å²) in [7, 11) is -4.65. The first-order chi connectivity index (χ1) is 15.4. The number of aldehydes is 1. The molecule has 0 aromatic rings. The van der Waals surface area contributed by atoms with Gasteiger partial charge in [0.25, 0.3) is 16.0 Å². The number of guanidine groups is 1. The molecule has 15 N–H and O–H groups in total. The van der Waals surface area contributed by atoms with Gasteiger partial charge in [-0.1, -0.05) is 0 Å². The molecule has 0 aliphatic heterocycles. The van der Waals surface area contributed by atoms with E-state index in [9.17, 15) is 32.1 Å². The van der Waals surface area contributed by atoms with Gasteiger partial charge in [-0.05, 0) is 25.7 Å². The second kappa shape index (κ2) is 15.9. The Kier molecular flexibility index (Phi) is 14.5. The molecular formula is C17H37N8O7S+3. The molecule has 0 saturated heterocycles. The fourth-order valence-corrected chi connectivity index (χ4v) is 3.38. The number of carbonyl (C=O) groups excluding carboxylic acids is 4. The first-order valence-corrected chi connectivity index (χ1v) is 12.0. The molecule has 0 radical (unpaired) electrons. The Morgan fingerprint density at radius 1 is 1.00 bits per heavy atom. The zero-order chi connectivity index (χ0) is 25.4. The maximum atomic E-state index is 12.7. The third-order valence-electron chi connectivity index (χ3n) is 4.42. The molecule has 0 aromatic carbocycles. The first-order valence-electron chi connectivity index (χ1n) is 10.4. The molecule has 0 bridgehead atoms. The Morgan fingerprint density at radius 3 is 2.18 bits per heavy atom. The van der Waals surface area contributed by atoms with Crippen LogP contribution in [0.3, 0.4) is 0 Å². The van der Waals surface area contributed by atoms with Crippen molar-refractivity contribution in [1.29, 1.82) is 0 Å². The van der Waals surface area contributed by atoms with Crippen molar-refractivity contribution in [2.45, 2.75) is 50.2 Å². The number of rotatable bonds is 17. The van der Waals surface area contributed by atoms with Crippen molar-refractivity contribution in [2.24, 2.45) is 11.5 Å². The Balaban J connectivity index is 5.28. The predicted molar refractivity (Wildman–Crippen MR) is 116 cm³/mol. The van der Waals surface area contributed by atoms with Crippen LogP contribution >= 0.6 is 0 Å². The minimum absolute atomic E-state index is 0.0203. The summed E-state index contributed by atoms with van der Waals surface area (Å²) in [6.07, 6.45) is 2.60. The summed E-state index contributed by atoms with van der Waals surface area (Å²) in [6.45, 7) is 0.715. The van der Waals surface area contributed by atoms with Crippen molar-refractivity contribution in [1.82, 2.24) is 16.0 Å². The molecule has 15 nitrogen and oxygen atoms in total. The van der Waals surface area contributed by atoms with Crippen molar-refractivity contribution in [2.75, 3.05) is 25.4 Å². The number of nitrogens with two attached hydrogens (primary N) is 2. The van der Waals surface area contributed by atoms with Crippen LogP contribution in [-0.2, 0) is 29.3 Å². The van der Waals surface area contributed by atoms with E-state index in [1.54, 1.807) is 0 Å². The van der Waals surface area contributed by atoms with Crippen LogP contribution < -0.4 is 43.9 Å². The summed E-state index contributed by atoms with van der Waals surface area (Å²) >= 11 is 0. The second-order valence-corrected chi connectivity index (χ2v) is 8.85. The third-order valence-corrected chi connectivity index (χ3v) is 5.18. The zero-order valence-electron chi connectivity index (χ0n) is 18.5. The van der Waals surface area contributed by atoms with E-state index in [4.69, 9.17) is 11.5 Å². The fraction of sp³-hybridized carbons (Fsp3) is 0.706. The van der Waals surface area contributed by atoms with Crippen molar-refractivity contribution < 1.29 is 48.6 Å². The SMILES string of the molecule is NC(N)=[NH+]CCC[C@H]([NH3+])C(=O)N[C@@H](CS(=O)(=O)O)C(=O)N[C@@H](CCCC[NH3+])C(=O)NCC=O. The number of hydrogen-bond acceptors (Lipinski definition) is 6. The van der Waals surface area contributed by atoms with E-state index in [0.717, 1.165) is 0 Å². The number of amides is 3. The largest absolute Gasteiger partial charge is 0.358 e. The van der Waals surface area contributed by atoms with Crippen LogP contribution in [-0.4, -0.2) is 86.5 Å². The lowest BCUT2D eigenvalue weighted by Crippen LogP contribution is -2.78.